The number of hydrogen-bond acceptors (Lipinski definition) is 5. The molecule has 6 nitrogen and oxygen atoms in total. The zero-order chi connectivity index (χ0) is 18.6. The third-order valence-electron chi connectivity index (χ3n) is 3.77. The van der Waals surface area contributed by atoms with Gasteiger partial charge >= 0.3 is 12.1 Å². The Morgan fingerprint density at radius 3 is 2.40 bits per heavy atom. The summed E-state index contributed by atoms with van der Waals surface area (Å²) >= 11 is 0. The summed E-state index contributed by atoms with van der Waals surface area (Å²) in [5.41, 5.74) is -0.654. The quantitative estimate of drug-likeness (QED) is 0.781. The molecule has 0 bridgehead atoms. The fraction of sp³-hybridized carbons (Fsp3) is 0.556. The standard InChI is InChI=1S/C18H24FNO5/c1-18(2,3)25-17(22)20-10-9-14(11-15(20)16(21)23-4)24-13-7-5-12(19)6-8-13/h5-8,14-15H,9-11H2,1-4H3/t14?,15-/m1/s1. The van der Waals surface area contributed by atoms with Crippen molar-refractivity contribution in [3.8, 4) is 5.75 Å². The van der Waals surface area contributed by atoms with Crippen molar-refractivity contribution in [1.29, 1.82) is 0 Å². The van der Waals surface area contributed by atoms with Gasteiger partial charge in [0, 0.05) is 19.4 Å². The lowest BCUT2D eigenvalue weighted by atomic mass is 9.99. The second-order valence-corrected chi connectivity index (χ2v) is 6.93. The number of rotatable bonds is 3. The average molecular weight is 353 g/mol. The summed E-state index contributed by atoms with van der Waals surface area (Å²) in [4.78, 5) is 25.9. The molecule has 0 aromatic heterocycles. The van der Waals surface area contributed by atoms with Gasteiger partial charge in [-0.25, -0.2) is 14.0 Å². The van der Waals surface area contributed by atoms with E-state index in [1.165, 1.54) is 36.3 Å². The third kappa shape index (κ3) is 5.34. The minimum atomic E-state index is -0.779. The molecule has 138 valence electrons. The van der Waals surface area contributed by atoms with Crippen molar-refractivity contribution in [1.82, 2.24) is 4.90 Å². The van der Waals surface area contributed by atoms with Crippen LogP contribution in [0.4, 0.5) is 9.18 Å². The molecule has 1 saturated heterocycles. The fourth-order valence-corrected chi connectivity index (χ4v) is 2.64. The predicted molar refractivity (Wildman–Crippen MR) is 88.8 cm³/mol. The summed E-state index contributed by atoms with van der Waals surface area (Å²) in [6.07, 6.45) is -0.0238. The molecule has 1 aromatic rings. The van der Waals surface area contributed by atoms with E-state index in [0.717, 1.165) is 0 Å². The Labute approximate surface area is 146 Å². The van der Waals surface area contributed by atoms with Crippen LogP contribution in [0.25, 0.3) is 0 Å². The van der Waals surface area contributed by atoms with E-state index in [9.17, 15) is 14.0 Å². The monoisotopic (exact) mass is 353 g/mol. The number of carbonyl (C=O) groups excluding carboxylic acids is 2. The Morgan fingerprint density at radius 1 is 1.20 bits per heavy atom. The molecular weight excluding hydrogens is 329 g/mol. The molecule has 1 amide bonds. The molecule has 0 saturated carbocycles. The predicted octanol–water partition coefficient (Wildman–Crippen LogP) is 3.15. The highest BCUT2D eigenvalue weighted by atomic mass is 19.1. The highest BCUT2D eigenvalue weighted by molar-refractivity contribution is 5.81. The van der Waals surface area contributed by atoms with Crippen molar-refractivity contribution in [3.63, 3.8) is 0 Å². The highest BCUT2D eigenvalue weighted by Gasteiger charge is 2.39. The lowest BCUT2D eigenvalue weighted by Gasteiger charge is -2.38. The average Bonchev–Trinajstić information content (AvgIpc) is 2.54. The number of hydrogen-bond donors (Lipinski definition) is 0. The minimum Gasteiger partial charge on any atom is -0.490 e. The van der Waals surface area contributed by atoms with Crippen LogP contribution in [0.3, 0.4) is 0 Å². The van der Waals surface area contributed by atoms with Gasteiger partial charge in [0.25, 0.3) is 0 Å². The molecule has 0 aliphatic carbocycles. The fourth-order valence-electron chi connectivity index (χ4n) is 2.64. The van der Waals surface area contributed by atoms with Gasteiger partial charge in [0.15, 0.2) is 0 Å². The minimum absolute atomic E-state index is 0.281. The number of ether oxygens (including phenoxy) is 3. The number of likely N-dealkylation sites (tertiary alicyclic amines) is 1. The molecule has 0 N–H and O–H groups in total. The van der Waals surface area contributed by atoms with Gasteiger partial charge in [-0.15, -0.1) is 0 Å². The first-order valence-electron chi connectivity index (χ1n) is 8.19. The van der Waals surface area contributed by atoms with Crippen molar-refractivity contribution >= 4 is 12.1 Å². The topological polar surface area (TPSA) is 65.1 Å². The van der Waals surface area contributed by atoms with Crippen LogP contribution < -0.4 is 4.74 Å². The molecule has 25 heavy (non-hydrogen) atoms. The molecule has 0 spiro atoms. The number of piperidine rings is 1. The van der Waals surface area contributed by atoms with Crippen LogP contribution in [0.2, 0.25) is 0 Å². The zero-order valence-corrected chi connectivity index (χ0v) is 15.0. The molecule has 2 rings (SSSR count). The van der Waals surface area contributed by atoms with Gasteiger partial charge < -0.3 is 14.2 Å². The van der Waals surface area contributed by atoms with E-state index in [1.54, 1.807) is 20.8 Å². The normalized spacial score (nSPS) is 20.8. The smallest absolute Gasteiger partial charge is 0.411 e. The Hall–Kier alpha value is -2.31. The molecule has 1 aliphatic heterocycles. The molecule has 1 fully saturated rings. The molecule has 1 aliphatic rings. The maximum atomic E-state index is 13.0. The van der Waals surface area contributed by atoms with Crippen molar-refractivity contribution in [2.24, 2.45) is 0 Å². The summed E-state index contributed by atoms with van der Waals surface area (Å²) in [5, 5.41) is 0. The summed E-state index contributed by atoms with van der Waals surface area (Å²) in [7, 11) is 1.28. The van der Waals surface area contributed by atoms with Gasteiger partial charge in [-0.2, -0.15) is 0 Å². The molecule has 7 heteroatoms. The van der Waals surface area contributed by atoms with Crippen LogP contribution in [0.5, 0.6) is 5.75 Å². The first-order chi connectivity index (χ1) is 11.7. The largest absolute Gasteiger partial charge is 0.490 e. The lowest BCUT2D eigenvalue weighted by Crippen LogP contribution is -2.53. The van der Waals surface area contributed by atoms with Crippen LogP contribution in [-0.2, 0) is 14.3 Å². The molecule has 1 unspecified atom stereocenters. The van der Waals surface area contributed by atoms with Crippen molar-refractivity contribution in [2.75, 3.05) is 13.7 Å². The zero-order valence-electron chi connectivity index (χ0n) is 15.0. The third-order valence-corrected chi connectivity index (χ3v) is 3.77. The number of halogens is 1. The van der Waals surface area contributed by atoms with Crippen LogP contribution in [0.15, 0.2) is 24.3 Å². The Balaban J connectivity index is 2.07. The highest BCUT2D eigenvalue weighted by Crippen LogP contribution is 2.25. The second kappa shape index (κ2) is 7.72. The molecule has 1 heterocycles. The number of methoxy groups -OCH3 is 1. The molecule has 1 aromatic carbocycles. The van der Waals surface area contributed by atoms with Crippen molar-refractivity contribution in [3.05, 3.63) is 30.1 Å². The van der Waals surface area contributed by atoms with Crippen LogP contribution >= 0.6 is 0 Å². The summed E-state index contributed by atoms with van der Waals surface area (Å²) in [5.74, 6) is -0.349. The van der Waals surface area contributed by atoms with Gasteiger partial charge in [0.1, 0.15) is 29.3 Å². The van der Waals surface area contributed by atoms with Crippen molar-refractivity contribution in [2.45, 2.75) is 51.4 Å². The Morgan fingerprint density at radius 2 is 1.84 bits per heavy atom. The first kappa shape index (κ1) is 19.0. The van der Waals surface area contributed by atoms with E-state index in [0.29, 0.717) is 18.7 Å². The first-order valence-corrected chi connectivity index (χ1v) is 8.19. The van der Waals surface area contributed by atoms with Crippen LogP contribution in [-0.4, -0.2) is 48.4 Å². The van der Waals surface area contributed by atoms with Crippen LogP contribution in [0, 0.1) is 5.82 Å². The summed E-state index contributed by atoms with van der Waals surface area (Å²) < 4.78 is 29.0. The van der Waals surface area contributed by atoms with E-state index >= 15 is 0 Å². The van der Waals surface area contributed by atoms with E-state index < -0.39 is 23.7 Å². The van der Waals surface area contributed by atoms with Crippen molar-refractivity contribution < 1.29 is 28.2 Å². The maximum Gasteiger partial charge on any atom is 0.411 e. The van der Waals surface area contributed by atoms with Gasteiger partial charge in [0.2, 0.25) is 0 Å². The van der Waals surface area contributed by atoms with Gasteiger partial charge in [-0.1, -0.05) is 0 Å². The van der Waals surface area contributed by atoms with E-state index in [-0.39, 0.29) is 18.3 Å². The van der Waals surface area contributed by atoms with E-state index in [1.807, 2.05) is 0 Å². The number of nitrogens with zero attached hydrogens (tertiary/aromatic N) is 1. The molecule has 0 radical (unpaired) electrons. The maximum absolute atomic E-state index is 13.0. The number of benzene rings is 1. The molecular formula is C18H24FNO5. The van der Waals surface area contributed by atoms with E-state index in [2.05, 4.69) is 0 Å². The van der Waals surface area contributed by atoms with Gasteiger partial charge in [-0.3, -0.25) is 4.90 Å². The van der Waals surface area contributed by atoms with Crippen LogP contribution in [0.1, 0.15) is 33.6 Å². The van der Waals surface area contributed by atoms with Gasteiger partial charge in [0.05, 0.1) is 7.11 Å². The Kier molecular flexibility index (Phi) is 5.87. The Bertz CT molecular complexity index is 611. The number of carbonyl (C=O) groups is 2. The van der Waals surface area contributed by atoms with E-state index in [4.69, 9.17) is 14.2 Å². The second-order valence-electron chi connectivity index (χ2n) is 6.93. The summed E-state index contributed by atoms with van der Waals surface area (Å²) in [6, 6.07) is 4.90. The summed E-state index contributed by atoms with van der Waals surface area (Å²) in [6.45, 7) is 5.61. The SMILES string of the molecule is COC(=O)[C@H]1CC(Oc2ccc(F)cc2)CCN1C(=O)OC(C)(C)C. The number of esters is 1. The number of amides is 1. The lowest BCUT2D eigenvalue weighted by molar-refractivity contribution is -0.149. The van der Waals surface area contributed by atoms with Gasteiger partial charge in [-0.05, 0) is 45.0 Å². The molecule has 2 atom stereocenters.